The maximum absolute atomic E-state index is 12.0. The number of carbonyl (C=O) groups excluding carboxylic acids is 2. The summed E-state index contributed by atoms with van der Waals surface area (Å²) in [4.78, 5) is 24.7. The van der Waals surface area contributed by atoms with Crippen LogP contribution in [0.5, 0.6) is 0 Å². The Kier molecular flexibility index (Phi) is 5.35. The van der Waals surface area contributed by atoms with E-state index in [0.29, 0.717) is 11.5 Å². The van der Waals surface area contributed by atoms with E-state index in [4.69, 9.17) is 9.15 Å². The minimum Gasteiger partial charge on any atom is -0.456 e. The summed E-state index contributed by atoms with van der Waals surface area (Å²) >= 11 is 1.48. The van der Waals surface area contributed by atoms with Crippen LogP contribution in [0.15, 0.2) is 46.2 Å². The highest BCUT2D eigenvalue weighted by Crippen LogP contribution is 2.23. The standard InChI is InChI=1S/C18H16N2O4S/c1-12-4-6-13(7-5-12)14(21)8-9-17(22)23-11-16-19-20-18(24-16)15-3-2-10-25-15/h2-7,10H,8-9,11H2,1H3. The summed E-state index contributed by atoms with van der Waals surface area (Å²) in [5, 5.41) is 9.65. The number of hydrogen-bond acceptors (Lipinski definition) is 7. The molecule has 128 valence electrons. The molecule has 0 fully saturated rings. The smallest absolute Gasteiger partial charge is 0.306 e. The van der Waals surface area contributed by atoms with Crippen LogP contribution >= 0.6 is 11.3 Å². The first-order valence-electron chi connectivity index (χ1n) is 7.73. The molecule has 6 nitrogen and oxygen atoms in total. The molecule has 0 atom stereocenters. The first-order chi connectivity index (χ1) is 12.1. The molecule has 1 aromatic carbocycles. The number of Topliss-reactive ketones (excluding diaryl/α,β-unsaturated/α-hetero) is 1. The van der Waals surface area contributed by atoms with E-state index in [1.165, 1.54) is 11.3 Å². The zero-order valence-electron chi connectivity index (χ0n) is 13.6. The second-order valence-electron chi connectivity index (χ2n) is 5.43. The molecule has 7 heteroatoms. The van der Waals surface area contributed by atoms with Crippen molar-refractivity contribution in [3.8, 4) is 10.8 Å². The van der Waals surface area contributed by atoms with Gasteiger partial charge < -0.3 is 9.15 Å². The molecule has 0 saturated heterocycles. The second-order valence-corrected chi connectivity index (χ2v) is 6.38. The van der Waals surface area contributed by atoms with Gasteiger partial charge in [0.25, 0.3) is 11.8 Å². The first-order valence-corrected chi connectivity index (χ1v) is 8.61. The fourth-order valence-electron chi connectivity index (χ4n) is 2.13. The Hall–Kier alpha value is -2.80. The zero-order chi connectivity index (χ0) is 17.6. The lowest BCUT2D eigenvalue weighted by atomic mass is 10.1. The monoisotopic (exact) mass is 356 g/mol. The van der Waals surface area contributed by atoms with Crippen LogP contribution in [0.3, 0.4) is 0 Å². The Morgan fingerprint density at radius 2 is 1.92 bits per heavy atom. The molecule has 0 radical (unpaired) electrons. The van der Waals surface area contributed by atoms with E-state index in [0.717, 1.165) is 10.4 Å². The SMILES string of the molecule is Cc1ccc(C(=O)CCC(=O)OCc2nnc(-c3cccs3)o2)cc1. The zero-order valence-corrected chi connectivity index (χ0v) is 14.4. The number of ether oxygens (including phenoxy) is 1. The molecule has 0 spiro atoms. The van der Waals surface area contributed by atoms with Gasteiger partial charge in [0, 0.05) is 12.0 Å². The number of rotatable bonds is 7. The molecule has 0 unspecified atom stereocenters. The summed E-state index contributed by atoms with van der Waals surface area (Å²) in [5.41, 5.74) is 1.67. The Labute approximate surface area is 148 Å². The fraction of sp³-hybridized carbons (Fsp3) is 0.222. The number of ketones is 1. The molecular weight excluding hydrogens is 340 g/mol. The topological polar surface area (TPSA) is 82.3 Å². The van der Waals surface area contributed by atoms with Gasteiger partial charge in [-0.15, -0.1) is 21.5 Å². The van der Waals surface area contributed by atoms with Crippen LogP contribution in [0, 0.1) is 6.92 Å². The van der Waals surface area contributed by atoms with Gasteiger partial charge in [0.1, 0.15) is 0 Å². The van der Waals surface area contributed by atoms with E-state index in [1.54, 1.807) is 12.1 Å². The van der Waals surface area contributed by atoms with E-state index >= 15 is 0 Å². The predicted molar refractivity (Wildman–Crippen MR) is 92.2 cm³/mol. The van der Waals surface area contributed by atoms with Gasteiger partial charge in [-0.25, -0.2) is 0 Å². The summed E-state index contributed by atoms with van der Waals surface area (Å²) in [5.74, 6) is 0.0586. The molecule has 25 heavy (non-hydrogen) atoms. The summed E-state index contributed by atoms with van der Waals surface area (Å²) in [6.45, 7) is 1.85. The molecule has 0 N–H and O–H groups in total. The number of hydrogen-bond donors (Lipinski definition) is 0. The molecule has 0 amide bonds. The Morgan fingerprint density at radius 1 is 1.12 bits per heavy atom. The van der Waals surface area contributed by atoms with E-state index in [9.17, 15) is 9.59 Å². The number of carbonyl (C=O) groups is 2. The molecule has 0 saturated carbocycles. The van der Waals surface area contributed by atoms with Crippen LogP contribution in [0.1, 0.15) is 34.7 Å². The van der Waals surface area contributed by atoms with Gasteiger partial charge >= 0.3 is 5.97 Å². The normalized spacial score (nSPS) is 10.6. The number of thiophene rings is 1. The van der Waals surface area contributed by atoms with Crippen molar-refractivity contribution in [3.05, 3.63) is 58.8 Å². The lowest BCUT2D eigenvalue weighted by Gasteiger charge is -2.03. The van der Waals surface area contributed by atoms with Crippen molar-refractivity contribution in [2.75, 3.05) is 0 Å². The van der Waals surface area contributed by atoms with E-state index in [1.807, 2.05) is 36.6 Å². The molecule has 0 aliphatic rings. The van der Waals surface area contributed by atoms with Crippen molar-refractivity contribution in [1.82, 2.24) is 10.2 Å². The number of aryl methyl sites for hydroxylation is 1. The van der Waals surface area contributed by atoms with Crippen LogP contribution in [-0.4, -0.2) is 21.9 Å². The van der Waals surface area contributed by atoms with Gasteiger partial charge in [0.2, 0.25) is 0 Å². The van der Waals surface area contributed by atoms with Crippen molar-refractivity contribution in [1.29, 1.82) is 0 Å². The molecule has 0 aliphatic heterocycles. The van der Waals surface area contributed by atoms with Crippen molar-refractivity contribution in [3.63, 3.8) is 0 Å². The van der Waals surface area contributed by atoms with Crippen LogP contribution < -0.4 is 0 Å². The summed E-state index contributed by atoms with van der Waals surface area (Å²) in [6, 6.07) is 11.0. The molecule has 0 aliphatic carbocycles. The molecular formula is C18H16N2O4S. The van der Waals surface area contributed by atoms with Crippen molar-refractivity contribution in [2.45, 2.75) is 26.4 Å². The van der Waals surface area contributed by atoms with Crippen molar-refractivity contribution in [2.24, 2.45) is 0 Å². The summed E-state index contributed by atoms with van der Waals surface area (Å²) in [7, 11) is 0. The lowest BCUT2D eigenvalue weighted by Crippen LogP contribution is -2.08. The quantitative estimate of drug-likeness (QED) is 0.473. The van der Waals surface area contributed by atoms with Crippen LogP contribution in [0.2, 0.25) is 0 Å². The third-order valence-corrected chi connectivity index (χ3v) is 4.34. The van der Waals surface area contributed by atoms with Gasteiger partial charge in [0.05, 0.1) is 11.3 Å². The fourth-order valence-corrected chi connectivity index (χ4v) is 2.77. The number of nitrogens with zero attached hydrogens (tertiary/aromatic N) is 2. The molecule has 0 bridgehead atoms. The third kappa shape index (κ3) is 4.60. The minimum atomic E-state index is -0.476. The lowest BCUT2D eigenvalue weighted by molar-refractivity contribution is -0.145. The Bertz CT molecular complexity index is 854. The molecule has 3 rings (SSSR count). The van der Waals surface area contributed by atoms with Gasteiger partial charge in [-0.3, -0.25) is 9.59 Å². The average molecular weight is 356 g/mol. The number of benzene rings is 1. The largest absolute Gasteiger partial charge is 0.456 e. The number of aromatic nitrogens is 2. The van der Waals surface area contributed by atoms with Crippen molar-refractivity contribution < 1.29 is 18.7 Å². The number of esters is 1. The van der Waals surface area contributed by atoms with Gasteiger partial charge in [0.15, 0.2) is 12.4 Å². The third-order valence-electron chi connectivity index (χ3n) is 3.49. The summed E-state index contributed by atoms with van der Waals surface area (Å²) in [6.07, 6.45) is 0.116. The van der Waals surface area contributed by atoms with E-state index in [-0.39, 0.29) is 31.1 Å². The minimum absolute atomic E-state index is 0.0125. The maximum atomic E-state index is 12.0. The highest BCUT2D eigenvalue weighted by atomic mass is 32.1. The van der Waals surface area contributed by atoms with Crippen LogP contribution in [-0.2, 0) is 16.1 Å². The van der Waals surface area contributed by atoms with Crippen LogP contribution in [0.4, 0.5) is 0 Å². The van der Waals surface area contributed by atoms with E-state index < -0.39 is 5.97 Å². The Balaban J connectivity index is 1.45. The summed E-state index contributed by atoms with van der Waals surface area (Å²) < 4.78 is 10.5. The van der Waals surface area contributed by atoms with Gasteiger partial charge in [-0.2, -0.15) is 0 Å². The second kappa shape index (κ2) is 7.85. The molecule has 2 aromatic heterocycles. The van der Waals surface area contributed by atoms with Gasteiger partial charge in [-0.1, -0.05) is 35.9 Å². The molecule has 3 aromatic rings. The first kappa shape index (κ1) is 17.0. The molecule has 2 heterocycles. The van der Waals surface area contributed by atoms with E-state index in [2.05, 4.69) is 10.2 Å². The van der Waals surface area contributed by atoms with Gasteiger partial charge in [-0.05, 0) is 18.4 Å². The average Bonchev–Trinajstić information content (AvgIpc) is 3.29. The predicted octanol–water partition coefficient (Wildman–Crippen LogP) is 3.81. The van der Waals surface area contributed by atoms with Crippen LogP contribution in [0.25, 0.3) is 10.8 Å². The van der Waals surface area contributed by atoms with Crippen molar-refractivity contribution >= 4 is 23.1 Å². The highest BCUT2D eigenvalue weighted by molar-refractivity contribution is 7.13. The Morgan fingerprint density at radius 3 is 2.64 bits per heavy atom. The maximum Gasteiger partial charge on any atom is 0.306 e. The highest BCUT2D eigenvalue weighted by Gasteiger charge is 2.13.